The first-order valence-electron chi connectivity index (χ1n) is 5.24. The molecule has 6 heteroatoms. The van der Waals surface area contributed by atoms with Crippen molar-refractivity contribution in [2.45, 2.75) is 20.8 Å². The van der Waals surface area contributed by atoms with Gasteiger partial charge in [-0.1, -0.05) is 6.92 Å². The molecular weight excluding hydrogens is 230 g/mol. The van der Waals surface area contributed by atoms with E-state index in [9.17, 15) is 13.2 Å². The number of carbonyl (C=O) groups is 1. The molecule has 16 heavy (non-hydrogen) atoms. The van der Waals surface area contributed by atoms with Gasteiger partial charge in [0.2, 0.25) is 0 Å². The molecular formula is C10H21NO4S. The van der Waals surface area contributed by atoms with Crippen molar-refractivity contribution >= 4 is 15.8 Å². The normalized spacial score (nSPS) is 12.5. The zero-order valence-corrected chi connectivity index (χ0v) is 11.2. The molecule has 0 radical (unpaired) electrons. The SMILES string of the molecule is CCS(=O)(=O)CCNCC(C)(C)C(=O)OC. The van der Waals surface area contributed by atoms with Gasteiger partial charge in [-0.25, -0.2) is 8.42 Å². The van der Waals surface area contributed by atoms with Crippen LogP contribution in [0.15, 0.2) is 0 Å². The van der Waals surface area contributed by atoms with Gasteiger partial charge < -0.3 is 10.1 Å². The van der Waals surface area contributed by atoms with Crippen LogP contribution in [0.1, 0.15) is 20.8 Å². The third kappa shape index (κ3) is 5.46. The smallest absolute Gasteiger partial charge is 0.312 e. The van der Waals surface area contributed by atoms with Crippen molar-refractivity contribution in [3.05, 3.63) is 0 Å². The van der Waals surface area contributed by atoms with Gasteiger partial charge in [-0.05, 0) is 13.8 Å². The maximum Gasteiger partial charge on any atom is 0.312 e. The van der Waals surface area contributed by atoms with Crippen LogP contribution in [0.3, 0.4) is 0 Å². The number of carbonyl (C=O) groups excluding carboxylic acids is 1. The Kier molecular flexibility index (Phi) is 5.96. The maximum atomic E-state index is 11.3. The van der Waals surface area contributed by atoms with Crippen molar-refractivity contribution in [3.63, 3.8) is 0 Å². The van der Waals surface area contributed by atoms with E-state index >= 15 is 0 Å². The number of sulfone groups is 1. The highest BCUT2D eigenvalue weighted by Gasteiger charge is 2.28. The Labute approximate surface area is 97.5 Å². The second-order valence-corrected chi connectivity index (χ2v) is 6.76. The summed E-state index contributed by atoms with van der Waals surface area (Å²) >= 11 is 0. The fourth-order valence-electron chi connectivity index (χ4n) is 1.12. The largest absolute Gasteiger partial charge is 0.469 e. The van der Waals surface area contributed by atoms with Gasteiger partial charge in [0.05, 0.1) is 18.3 Å². The molecule has 0 aliphatic heterocycles. The monoisotopic (exact) mass is 251 g/mol. The third-order valence-electron chi connectivity index (χ3n) is 2.33. The second-order valence-electron chi connectivity index (χ2n) is 4.29. The molecule has 0 fully saturated rings. The highest BCUT2D eigenvalue weighted by atomic mass is 32.2. The molecule has 0 bridgehead atoms. The molecule has 0 aromatic carbocycles. The Morgan fingerprint density at radius 3 is 2.38 bits per heavy atom. The van der Waals surface area contributed by atoms with Crippen LogP contribution in [0.25, 0.3) is 0 Å². The Balaban J connectivity index is 3.96. The van der Waals surface area contributed by atoms with Crippen LogP contribution in [-0.2, 0) is 19.4 Å². The van der Waals surface area contributed by atoms with E-state index in [-0.39, 0.29) is 17.5 Å². The zero-order chi connectivity index (χ0) is 12.8. The first-order chi connectivity index (χ1) is 7.25. The van der Waals surface area contributed by atoms with Crippen molar-refractivity contribution in [2.24, 2.45) is 5.41 Å². The maximum absolute atomic E-state index is 11.3. The summed E-state index contributed by atoms with van der Waals surface area (Å²) in [4.78, 5) is 11.3. The van der Waals surface area contributed by atoms with E-state index in [0.717, 1.165) is 0 Å². The minimum Gasteiger partial charge on any atom is -0.469 e. The van der Waals surface area contributed by atoms with Gasteiger partial charge >= 0.3 is 5.97 Å². The summed E-state index contributed by atoms with van der Waals surface area (Å²) in [6.07, 6.45) is 0. The molecule has 0 rings (SSSR count). The van der Waals surface area contributed by atoms with Gasteiger partial charge in [-0.15, -0.1) is 0 Å². The van der Waals surface area contributed by atoms with Gasteiger partial charge in [0.1, 0.15) is 0 Å². The minimum atomic E-state index is -2.94. The van der Waals surface area contributed by atoms with E-state index in [2.05, 4.69) is 10.1 Å². The lowest BCUT2D eigenvalue weighted by molar-refractivity contribution is -0.150. The number of methoxy groups -OCH3 is 1. The Bertz CT molecular complexity index is 322. The molecule has 0 spiro atoms. The molecule has 1 N–H and O–H groups in total. The first kappa shape index (κ1) is 15.4. The molecule has 0 saturated carbocycles. The van der Waals surface area contributed by atoms with Gasteiger partial charge in [0, 0.05) is 18.8 Å². The zero-order valence-electron chi connectivity index (χ0n) is 10.4. The molecule has 0 aromatic rings. The van der Waals surface area contributed by atoms with E-state index in [1.165, 1.54) is 7.11 Å². The first-order valence-corrected chi connectivity index (χ1v) is 7.07. The van der Waals surface area contributed by atoms with Gasteiger partial charge in [0.15, 0.2) is 9.84 Å². The quantitative estimate of drug-likeness (QED) is 0.517. The molecule has 96 valence electrons. The topological polar surface area (TPSA) is 72.5 Å². The highest BCUT2D eigenvalue weighted by molar-refractivity contribution is 7.91. The molecule has 0 unspecified atom stereocenters. The Morgan fingerprint density at radius 1 is 1.38 bits per heavy atom. The lowest BCUT2D eigenvalue weighted by Crippen LogP contribution is -2.38. The summed E-state index contributed by atoms with van der Waals surface area (Å²) in [5.74, 6) is -0.0612. The summed E-state index contributed by atoms with van der Waals surface area (Å²) in [5, 5.41) is 2.95. The summed E-state index contributed by atoms with van der Waals surface area (Å²) < 4.78 is 27.0. The summed E-state index contributed by atoms with van der Waals surface area (Å²) in [6, 6.07) is 0. The number of rotatable bonds is 7. The van der Waals surface area contributed by atoms with Crippen LogP contribution in [0, 0.1) is 5.41 Å². The fourth-order valence-corrected chi connectivity index (χ4v) is 1.87. The van der Waals surface area contributed by atoms with Gasteiger partial charge in [0.25, 0.3) is 0 Å². The molecule has 0 amide bonds. The van der Waals surface area contributed by atoms with Crippen LogP contribution < -0.4 is 5.32 Å². The van der Waals surface area contributed by atoms with Gasteiger partial charge in [-0.2, -0.15) is 0 Å². The lowest BCUT2D eigenvalue weighted by Gasteiger charge is -2.21. The van der Waals surface area contributed by atoms with Crippen LogP contribution in [0.4, 0.5) is 0 Å². The van der Waals surface area contributed by atoms with Gasteiger partial charge in [-0.3, -0.25) is 4.79 Å². The van der Waals surface area contributed by atoms with Crippen LogP contribution in [-0.4, -0.2) is 46.1 Å². The summed E-state index contributed by atoms with van der Waals surface area (Å²) in [5.41, 5.74) is -0.634. The van der Waals surface area contributed by atoms with Crippen LogP contribution in [0.5, 0.6) is 0 Å². The molecule has 0 atom stereocenters. The summed E-state index contributed by atoms with van der Waals surface area (Å²) in [6.45, 7) is 5.88. The van der Waals surface area contributed by atoms with E-state index in [0.29, 0.717) is 13.1 Å². The summed E-state index contributed by atoms with van der Waals surface area (Å²) in [7, 11) is -1.60. The molecule has 0 aromatic heterocycles. The average molecular weight is 251 g/mol. The van der Waals surface area contributed by atoms with E-state index in [1.54, 1.807) is 20.8 Å². The van der Waals surface area contributed by atoms with Crippen molar-refractivity contribution in [1.29, 1.82) is 0 Å². The van der Waals surface area contributed by atoms with E-state index in [1.807, 2.05) is 0 Å². The predicted molar refractivity (Wildman–Crippen MR) is 63.0 cm³/mol. The molecule has 0 aliphatic rings. The predicted octanol–water partition coefficient (Wildman–Crippen LogP) is 0.210. The standard InChI is InChI=1S/C10H21NO4S/c1-5-16(13,14)7-6-11-8-10(2,3)9(12)15-4/h11H,5-8H2,1-4H3. The lowest BCUT2D eigenvalue weighted by atomic mass is 9.94. The average Bonchev–Trinajstić information content (AvgIpc) is 2.23. The number of ether oxygens (including phenoxy) is 1. The van der Waals surface area contributed by atoms with E-state index < -0.39 is 15.3 Å². The van der Waals surface area contributed by atoms with Crippen LogP contribution >= 0.6 is 0 Å². The number of hydrogen-bond donors (Lipinski definition) is 1. The number of hydrogen-bond acceptors (Lipinski definition) is 5. The molecule has 0 aliphatic carbocycles. The van der Waals surface area contributed by atoms with Crippen LogP contribution in [0.2, 0.25) is 0 Å². The second kappa shape index (κ2) is 6.20. The highest BCUT2D eigenvalue weighted by Crippen LogP contribution is 2.14. The number of esters is 1. The fraction of sp³-hybridized carbons (Fsp3) is 0.900. The molecule has 0 saturated heterocycles. The minimum absolute atomic E-state index is 0.0980. The Morgan fingerprint density at radius 2 is 1.94 bits per heavy atom. The molecule has 0 heterocycles. The van der Waals surface area contributed by atoms with Crippen molar-refractivity contribution in [2.75, 3.05) is 31.7 Å². The third-order valence-corrected chi connectivity index (χ3v) is 4.04. The Hall–Kier alpha value is -0.620. The van der Waals surface area contributed by atoms with Crippen molar-refractivity contribution < 1.29 is 17.9 Å². The van der Waals surface area contributed by atoms with Crippen molar-refractivity contribution in [1.82, 2.24) is 5.32 Å². The van der Waals surface area contributed by atoms with E-state index in [4.69, 9.17) is 0 Å². The van der Waals surface area contributed by atoms with Crippen molar-refractivity contribution in [3.8, 4) is 0 Å². The number of nitrogens with one attached hydrogen (secondary N) is 1. The molecule has 5 nitrogen and oxygen atoms in total.